The molecule has 0 unspecified atom stereocenters. The first-order valence-corrected chi connectivity index (χ1v) is 15.8. The number of carboxylic acid groups (broad SMARTS) is 1. The van der Waals surface area contributed by atoms with Crippen LogP contribution >= 0.6 is 0 Å². The second-order valence-electron chi connectivity index (χ2n) is 11.8. The fraction of sp³-hybridized carbons (Fsp3) is 0.515. The number of aromatic carboxylic acids is 1. The molecule has 16 nitrogen and oxygen atoms in total. The summed E-state index contributed by atoms with van der Waals surface area (Å²) in [7, 11) is 0. The zero-order chi connectivity index (χ0) is 36.8. The predicted molar refractivity (Wildman–Crippen MR) is 174 cm³/mol. The van der Waals surface area contributed by atoms with Crippen LogP contribution in [0.3, 0.4) is 0 Å². The first-order chi connectivity index (χ1) is 23.2. The third-order valence-electron chi connectivity index (χ3n) is 8.61. The highest BCUT2D eigenvalue weighted by atomic mass is 16.6. The number of rotatable bonds is 10. The molecular formula is C33H43N3O13. The number of aryl methyl sites for hydroxylation is 2. The summed E-state index contributed by atoms with van der Waals surface area (Å²) in [5.74, 6) is -2.25. The van der Waals surface area contributed by atoms with Gasteiger partial charge in [0, 0.05) is 24.6 Å². The molecule has 2 aromatic carbocycles. The molecule has 49 heavy (non-hydrogen) atoms. The monoisotopic (exact) mass is 689 g/mol. The van der Waals surface area contributed by atoms with E-state index >= 15 is 0 Å². The zero-order valence-corrected chi connectivity index (χ0v) is 27.5. The highest BCUT2D eigenvalue weighted by molar-refractivity contribution is 6.01. The third kappa shape index (κ3) is 10.9. The van der Waals surface area contributed by atoms with Crippen molar-refractivity contribution in [2.45, 2.75) is 84.5 Å². The Hall–Kier alpha value is -4.64. The second kappa shape index (κ2) is 19.4. The topological polar surface area (TPSA) is 259 Å². The maximum absolute atomic E-state index is 12.8. The summed E-state index contributed by atoms with van der Waals surface area (Å²) in [6, 6.07) is 4.07. The van der Waals surface area contributed by atoms with E-state index in [2.05, 4.69) is 0 Å². The molecule has 1 aliphatic carbocycles. The van der Waals surface area contributed by atoms with Crippen molar-refractivity contribution in [3.63, 3.8) is 0 Å². The van der Waals surface area contributed by atoms with Crippen LogP contribution in [0.5, 0.6) is 0 Å². The fourth-order valence-electron chi connectivity index (χ4n) is 5.78. The molecule has 0 aromatic heterocycles. The standard InChI is InChI=1S/C16H20N2O6.C9H9NO5.C8H14O2/c1-10-6-14(18(23)24)12(7-11(10)8-19)16(22)17-5-3-2-4-13(17)15(21)9-20;1-5-2-8(10(14)15)7(9(12)13)3-6(5)4-11;9-6-8(10)7-4-2-1-3-5-7/h6-7,13,19-20H,2-5,8-9H2,1H3;2-3,11H,4H2,1H3,(H,12,13);7,9H,1-6H2/t13-;;/m1../s1. The van der Waals surface area contributed by atoms with E-state index in [1.54, 1.807) is 13.8 Å². The number of likely N-dealkylation sites (tertiary alicyclic amines) is 1. The molecule has 2 fully saturated rings. The van der Waals surface area contributed by atoms with Crippen molar-refractivity contribution in [3.8, 4) is 0 Å². The number of nitrogens with zero attached hydrogens (tertiary/aromatic N) is 3. The molecule has 1 aliphatic heterocycles. The fourth-order valence-corrected chi connectivity index (χ4v) is 5.78. The number of nitro benzene ring substituents is 2. The maximum Gasteiger partial charge on any atom is 0.342 e. The van der Waals surface area contributed by atoms with Crippen LogP contribution in [0, 0.1) is 40.0 Å². The van der Waals surface area contributed by atoms with Crippen molar-refractivity contribution in [1.82, 2.24) is 4.90 Å². The van der Waals surface area contributed by atoms with Gasteiger partial charge in [0.2, 0.25) is 0 Å². The molecule has 0 radical (unpaired) electrons. The molecule has 4 rings (SSSR count). The lowest BCUT2D eigenvalue weighted by atomic mass is 9.86. The molecule has 0 bridgehead atoms. The minimum absolute atomic E-state index is 0.0414. The molecular weight excluding hydrogens is 646 g/mol. The minimum Gasteiger partial charge on any atom is -0.477 e. The number of hydrogen-bond acceptors (Lipinski definition) is 12. The van der Waals surface area contributed by atoms with Crippen LogP contribution in [-0.2, 0) is 22.8 Å². The van der Waals surface area contributed by atoms with E-state index in [9.17, 15) is 44.5 Å². The Morgan fingerprint density at radius 3 is 1.63 bits per heavy atom. The van der Waals surface area contributed by atoms with Gasteiger partial charge in [0.1, 0.15) is 24.3 Å². The zero-order valence-electron chi connectivity index (χ0n) is 27.5. The quantitative estimate of drug-likeness (QED) is 0.178. The maximum atomic E-state index is 12.8. The van der Waals surface area contributed by atoms with E-state index < -0.39 is 51.4 Å². The Kier molecular flexibility index (Phi) is 16.0. The minimum atomic E-state index is -1.38. The van der Waals surface area contributed by atoms with Gasteiger partial charge in [-0.2, -0.15) is 0 Å². The van der Waals surface area contributed by atoms with Crippen LogP contribution in [0.15, 0.2) is 24.3 Å². The molecule has 2 aromatic rings. The highest BCUT2D eigenvalue weighted by Gasteiger charge is 2.35. The van der Waals surface area contributed by atoms with Crippen molar-refractivity contribution in [1.29, 1.82) is 0 Å². The summed E-state index contributed by atoms with van der Waals surface area (Å²) in [6.07, 6.45) is 7.45. The number of benzene rings is 2. The van der Waals surface area contributed by atoms with Gasteiger partial charge in [0.25, 0.3) is 17.3 Å². The van der Waals surface area contributed by atoms with Crippen molar-refractivity contribution < 1.29 is 54.6 Å². The second-order valence-corrected chi connectivity index (χ2v) is 11.8. The van der Waals surface area contributed by atoms with Crippen molar-refractivity contribution in [2.75, 3.05) is 19.8 Å². The van der Waals surface area contributed by atoms with Crippen molar-refractivity contribution in [2.24, 2.45) is 5.92 Å². The summed E-state index contributed by atoms with van der Waals surface area (Å²) in [5, 5.41) is 66.5. The van der Waals surface area contributed by atoms with Gasteiger partial charge < -0.3 is 30.4 Å². The number of carbonyl (C=O) groups is 4. The number of nitro groups is 2. The van der Waals surface area contributed by atoms with Gasteiger partial charge in [-0.25, -0.2) is 4.79 Å². The van der Waals surface area contributed by atoms with E-state index in [0.717, 1.165) is 44.2 Å². The lowest BCUT2D eigenvalue weighted by Gasteiger charge is -2.34. The predicted octanol–water partition coefficient (Wildman–Crippen LogP) is 3.17. The Labute approximate surface area is 282 Å². The summed E-state index contributed by atoms with van der Waals surface area (Å²) >= 11 is 0. The summed E-state index contributed by atoms with van der Waals surface area (Å²) in [4.78, 5) is 68.1. The number of piperidine rings is 1. The summed E-state index contributed by atoms with van der Waals surface area (Å²) < 4.78 is 0. The third-order valence-corrected chi connectivity index (χ3v) is 8.61. The Balaban J connectivity index is 0.000000283. The Bertz CT molecular complexity index is 1540. The molecule has 268 valence electrons. The molecule has 1 atom stereocenters. The van der Waals surface area contributed by atoms with E-state index in [-0.39, 0.29) is 42.8 Å². The molecule has 1 saturated carbocycles. The van der Waals surface area contributed by atoms with Crippen molar-refractivity contribution in [3.05, 3.63) is 77.9 Å². The van der Waals surface area contributed by atoms with E-state index in [1.807, 2.05) is 0 Å². The Morgan fingerprint density at radius 2 is 1.18 bits per heavy atom. The molecule has 0 spiro atoms. The van der Waals surface area contributed by atoms with Crippen LogP contribution in [0.25, 0.3) is 0 Å². The van der Waals surface area contributed by atoms with Crippen LogP contribution in [0.1, 0.15) is 94.3 Å². The Morgan fingerprint density at radius 1 is 0.714 bits per heavy atom. The largest absolute Gasteiger partial charge is 0.477 e. The number of aliphatic hydroxyl groups is 4. The normalized spacial score (nSPS) is 16.0. The van der Waals surface area contributed by atoms with Crippen LogP contribution < -0.4 is 0 Å². The molecule has 16 heteroatoms. The van der Waals surface area contributed by atoms with Gasteiger partial charge in [-0.15, -0.1) is 0 Å². The number of Topliss-reactive ketones (excluding diaryl/α,β-unsaturated/α-hetero) is 2. The van der Waals surface area contributed by atoms with Crippen molar-refractivity contribution >= 4 is 34.8 Å². The number of hydrogen-bond donors (Lipinski definition) is 5. The number of aliphatic hydroxyl groups excluding tert-OH is 4. The molecule has 5 N–H and O–H groups in total. The highest BCUT2D eigenvalue weighted by Crippen LogP contribution is 2.29. The lowest BCUT2D eigenvalue weighted by Crippen LogP contribution is -2.49. The van der Waals surface area contributed by atoms with E-state index in [1.165, 1.54) is 23.5 Å². The van der Waals surface area contributed by atoms with Crippen LogP contribution in [0.4, 0.5) is 11.4 Å². The first-order valence-electron chi connectivity index (χ1n) is 15.8. The van der Waals surface area contributed by atoms with Crippen LogP contribution in [-0.4, -0.2) is 89.5 Å². The van der Waals surface area contributed by atoms with Gasteiger partial charge in [-0.1, -0.05) is 19.3 Å². The summed E-state index contributed by atoms with van der Waals surface area (Å²) in [5.41, 5.74) is 0.440. The van der Waals surface area contributed by atoms with E-state index in [4.69, 9.17) is 20.4 Å². The number of amides is 1. The van der Waals surface area contributed by atoms with Gasteiger partial charge >= 0.3 is 5.97 Å². The molecule has 1 heterocycles. The van der Waals surface area contributed by atoms with Gasteiger partial charge in [-0.05, 0) is 80.3 Å². The van der Waals surface area contributed by atoms with E-state index in [0.29, 0.717) is 41.6 Å². The number of carboxylic acids is 1. The average Bonchev–Trinajstić information content (AvgIpc) is 3.11. The number of ketones is 2. The number of carbonyl (C=O) groups excluding carboxylic acids is 3. The first kappa shape index (κ1) is 40.5. The van der Waals surface area contributed by atoms with Crippen LogP contribution in [0.2, 0.25) is 0 Å². The SMILES string of the molecule is Cc1cc([N+](=O)[O-])c(C(=O)N2CCCC[C@@H]2C(=O)CO)cc1CO.Cc1cc([N+](=O)[O-])c(C(=O)O)cc1CO.O=C(CO)C1CCCCC1. The molecule has 1 saturated heterocycles. The summed E-state index contributed by atoms with van der Waals surface area (Å²) in [6.45, 7) is 1.87. The average molecular weight is 690 g/mol. The molecule has 2 aliphatic rings. The molecule has 1 amide bonds. The van der Waals surface area contributed by atoms with Gasteiger partial charge in [0.05, 0.1) is 29.1 Å². The van der Waals surface area contributed by atoms with Gasteiger partial charge in [-0.3, -0.25) is 34.6 Å². The smallest absolute Gasteiger partial charge is 0.342 e. The lowest BCUT2D eigenvalue weighted by molar-refractivity contribution is -0.385. The van der Waals surface area contributed by atoms with Gasteiger partial charge in [0.15, 0.2) is 11.6 Å².